The van der Waals surface area contributed by atoms with Crippen LogP contribution < -0.4 is 0 Å². The second-order valence-electron chi connectivity index (χ2n) is 2.23. The number of pyridine rings is 1. The third-order valence-corrected chi connectivity index (χ3v) is 1.22. The first kappa shape index (κ1) is 8.46. The summed E-state index contributed by atoms with van der Waals surface area (Å²) in [5, 5.41) is 0. The van der Waals surface area contributed by atoms with Crippen molar-refractivity contribution < 1.29 is 0 Å². The van der Waals surface area contributed by atoms with Gasteiger partial charge in [-0.05, 0) is 19.1 Å². The minimum absolute atomic E-state index is 1.07. The van der Waals surface area contributed by atoms with Crippen LogP contribution in [0.3, 0.4) is 0 Å². The maximum Gasteiger partial charge on any atom is 0.0919 e. The van der Waals surface area contributed by atoms with Crippen LogP contribution in [0.4, 0.5) is 0 Å². The first-order valence-corrected chi connectivity index (χ1v) is 3.70. The van der Waals surface area contributed by atoms with Gasteiger partial charge in [0.1, 0.15) is 0 Å². The number of imidazole rings is 1. The highest BCUT2D eigenvalue weighted by Crippen LogP contribution is 1.85. The normalized spacial score (nSPS) is 8.42. The van der Waals surface area contributed by atoms with Crippen LogP contribution in [0.25, 0.3) is 0 Å². The summed E-state index contributed by atoms with van der Waals surface area (Å²) in [5.41, 5.74) is 1.07. The Morgan fingerprint density at radius 3 is 2.42 bits per heavy atom. The van der Waals surface area contributed by atoms with Crippen LogP contribution >= 0.6 is 0 Å². The van der Waals surface area contributed by atoms with Crippen molar-refractivity contribution in [1.82, 2.24) is 15.0 Å². The molecule has 0 radical (unpaired) electrons. The molecule has 2 aromatic rings. The molecule has 0 amide bonds. The third kappa shape index (κ3) is 3.51. The van der Waals surface area contributed by atoms with Crippen molar-refractivity contribution >= 4 is 0 Å². The Morgan fingerprint density at radius 2 is 2.17 bits per heavy atom. The fourth-order valence-corrected chi connectivity index (χ4v) is 0.663. The fourth-order valence-electron chi connectivity index (χ4n) is 0.663. The van der Waals surface area contributed by atoms with E-state index in [9.17, 15) is 0 Å². The summed E-state index contributed by atoms with van der Waals surface area (Å²) in [6, 6.07) is 5.86. The lowest BCUT2D eigenvalue weighted by Crippen LogP contribution is -1.72. The molecule has 0 aliphatic carbocycles. The van der Waals surface area contributed by atoms with Crippen LogP contribution in [0.1, 0.15) is 5.69 Å². The molecule has 0 aliphatic rings. The van der Waals surface area contributed by atoms with Gasteiger partial charge < -0.3 is 4.98 Å². The molecule has 3 nitrogen and oxygen atoms in total. The van der Waals surface area contributed by atoms with E-state index in [-0.39, 0.29) is 0 Å². The van der Waals surface area contributed by atoms with Gasteiger partial charge in [-0.2, -0.15) is 0 Å². The van der Waals surface area contributed by atoms with Gasteiger partial charge in [0.2, 0.25) is 0 Å². The maximum atomic E-state index is 3.98. The second-order valence-corrected chi connectivity index (χ2v) is 2.23. The van der Waals surface area contributed by atoms with Gasteiger partial charge in [0, 0.05) is 24.3 Å². The average Bonchev–Trinajstić information content (AvgIpc) is 2.62. The van der Waals surface area contributed by atoms with Gasteiger partial charge in [-0.1, -0.05) is 6.07 Å². The van der Waals surface area contributed by atoms with Gasteiger partial charge in [-0.15, -0.1) is 0 Å². The van der Waals surface area contributed by atoms with Crippen LogP contribution in [-0.2, 0) is 0 Å². The van der Waals surface area contributed by atoms with Crippen molar-refractivity contribution in [1.29, 1.82) is 0 Å². The van der Waals surface area contributed by atoms with E-state index < -0.39 is 0 Å². The smallest absolute Gasteiger partial charge is 0.0919 e. The molecule has 62 valence electrons. The predicted octanol–water partition coefficient (Wildman–Crippen LogP) is 1.80. The highest BCUT2D eigenvalue weighted by molar-refractivity contribution is 4.99. The van der Waals surface area contributed by atoms with E-state index in [4.69, 9.17) is 0 Å². The van der Waals surface area contributed by atoms with Crippen molar-refractivity contribution in [2.45, 2.75) is 6.92 Å². The number of rotatable bonds is 0. The maximum absolute atomic E-state index is 3.98. The highest BCUT2D eigenvalue weighted by atomic mass is 14.8. The van der Waals surface area contributed by atoms with E-state index in [1.165, 1.54) is 0 Å². The summed E-state index contributed by atoms with van der Waals surface area (Å²) in [6.07, 6.45) is 6.87. The Kier molecular flexibility index (Phi) is 3.57. The molecule has 2 heterocycles. The lowest BCUT2D eigenvalue weighted by molar-refractivity contribution is 1.20. The number of aromatic nitrogens is 3. The molecule has 0 saturated heterocycles. The molecule has 0 atom stereocenters. The standard InChI is InChI=1S/C6H7N.C3H4N2/c1-6-4-2-3-5-7-6;1-2-5-3-4-1/h2-5H,1H3;1-3H,(H,4,5). The molecular formula is C9H11N3. The fraction of sp³-hybridized carbons (Fsp3) is 0.111. The van der Waals surface area contributed by atoms with Gasteiger partial charge in [0.15, 0.2) is 0 Å². The Morgan fingerprint density at radius 1 is 1.25 bits per heavy atom. The summed E-state index contributed by atoms with van der Waals surface area (Å²) in [5.74, 6) is 0. The molecule has 2 rings (SSSR count). The Labute approximate surface area is 71.5 Å². The number of hydrogen-bond acceptors (Lipinski definition) is 2. The molecule has 0 spiro atoms. The lowest BCUT2D eigenvalue weighted by atomic mass is 10.4. The molecule has 0 bridgehead atoms. The topological polar surface area (TPSA) is 41.6 Å². The highest BCUT2D eigenvalue weighted by Gasteiger charge is 1.73. The zero-order chi connectivity index (χ0) is 8.65. The minimum atomic E-state index is 1.07. The molecule has 0 fully saturated rings. The van der Waals surface area contributed by atoms with E-state index in [2.05, 4.69) is 15.0 Å². The zero-order valence-corrected chi connectivity index (χ0v) is 6.94. The molecular weight excluding hydrogens is 150 g/mol. The van der Waals surface area contributed by atoms with Crippen molar-refractivity contribution in [3.63, 3.8) is 0 Å². The number of H-pyrrole nitrogens is 1. The third-order valence-electron chi connectivity index (χ3n) is 1.22. The van der Waals surface area contributed by atoms with Crippen LogP contribution in [0.5, 0.6) is 0 Å². The summed E-state index contributed by atoms with van der Waals surface area (Å²) in [7, 11) is 0. The summed E-state index contributed by atoms with van der Waals surface area (Å²) < 4.78 is 0. The van der Waals surface area contributed by atoms with Crippen molar-refractivity contribution in [3.05, 3.63) is 48.8 Å². The summed E-state index contributed by atoms with van der Waals surface area (Å²) in [6.45, 7) is 1.97. The first-order chi connectivity index (χ1) is 5.89. The van der Waals surface area contributed by atoms with Gasteiger partial charge in [0.25, 0.3) is 0 Å². The predicted molar refractivity (Wildman–Crippen MR) is 47.6 cm³/mol. The summed E-state index contributed by atoms with van der Waals surface area (Å²) in [4.78, 5) is 10.4. The average molecular weight is 161 g/mol. The van der Waals surface area contributed by atoms with Crippen LogP contribution in [0.2, 0.25) is 0 Å². The number of hydrogen-bond donors (Lipinski definition) is 1. The number of nitrogens with one attached hydrogen (secondary N) is 1. The number of aromatic amines is 1. The first-order valence-electron chi connectivity index (χ1n) is 3.70. The Balaban J connectivity index is 0.000000127. The molecule has 3 heteroatoms. The Bertz CT molecular complexity index is 259. The van der Waals surface area contributed by atoms with Crippen molar-refractivity contribution in [2.24, 2.45) is 0 Å². The van der Waals surface area contributed by atoms with E-state index in [1.807, 2.05) is 25.1 Å². The quantitative estimate of drug-likeness (QED) is 0.640. The molecule has 0 unspecified atom stereocenters. The summed E-state index contributed by atoms with van der Waals surface area (Å²) >= 11 is 0. The molecule has 0 saturated carbocycles. The second kappa shape index (κ2) is 5.07. The molecule has 12 heavy (non-hydrogen) atoms. The SMILES string of the molecule is Cc1ccccn1.c1c[nH]cn1. The van der Waals surface area contributed by atoms with E-state index in [0.717, 1.165) is 5.69 Å². The molecule has 1 N–H and O–H groups in total. The van der Waals surface area contributed by atoms with Crippen LogP contribution in [0, 0.1) is 6.92 Å². The molecule has 0 aliphatic heterocycles. The van der Waals surface area contributed by atoms with E-state index >= 15 is 0 Å². The van der Waals surface area contributed by atoms with Crippen molar-refractivity contribution in [3.8, 4) is 0 Å². The van der Waals surface area contributed by atoms with E-state index in [0.29, 0.717) is 0 Å². The molecule has 2 aromatic heterocycles. The Hall–Kier alpha value is -1.64. The number of nitrogens with zero attached hydrogens (tertiary/aromatic N) is 2. The van der Waals surface area contributed by atoms with Crippen LogP contribution in [0.15, 0.2) is 43.1 Å². The van der Waals surface area contributed by atoms with Gasteiger partial charge in [-0.25, -0.2) is 4.98 Å². The zero-order valence-electron chi connectivity index (χ0n) is 6.94. The van der Waals surface area contributed by atoms with Gasteiger partial charge in [-0.3, -0.25) is 4.98 Å². The minimum Gasteiger partial charge on any atom is -0.351 e. The van der Waals surface area contributed by atoms with Crippen LogP contribution in [-0.4, -0.2) is 15.0 Å². The van der Waals surface area contributed by atoms with Crippen molar-refractivity contribution in [2.75, 3.05) is 0 Å². The van der Waals surface area contributed by atoms with E-state index in [1.54, 1.807) is 24.9 Å². The van der Waals surface area contributed by atoms with Gasteiger partial charge >= 0.3 is 0 Å². The molecule has 0 aromatic carbocycles. The van der Waals surface area contributed by atoms with Gasteiger partial charge in [0.05, 0.1) is 6.33 Å². The largest absolute Gasteiger partial charge is 0.351 e. The lowest BCUT2D eigenvalue weighted by Gasteiger charge is -1.82. The number of aryl methyl sites for hydroxylation is 1. The monoisotopic (exact) mass is 161 g/mol.